The van der Waals surface area contributed by atoms with Gasteiger partial charge >= 0.3 is 0 Å². The van der Waals surface area contributed by atoms with Crippen LogP contribution in [0.2, 0.25) is 5.02 Å². The molecule has 3 aromatic rings. The Morgan fingerprint density at radius 3 is 2.26 bits per heavy atom. The molecular formula is C31H38ClN3O6S. The topological polar surface area (TPSA) is 105 Å². The summed E-state index contributed by atoms with van der Waals surface area (Å²) in [6, 6.07) is 17.1. The van der Waals surface area contributed by atoms with E-state index in [9.17, 15) is 18.0 Å². The summed E-state index contributed by atoms with van der Waals surface area (Å²) in [5.41, 5.74) is 1.70. The number of benzene rings is 3. The smallest absolute Gasteiger partial charge is 0.264 e. The summed E-state index contributed by atoms with van der Waals surface area (Å²) in [6.45, 7) is 5.37. The van der Waals surface area contributed by atoms with Crippen LogP contribution in [0.15, 0.2) is 71.6 Å². The highest BCUT2D eigenvalue weighted by molar-refractivity contribution is 7.92. The second kappa shape index (κ2) is 14.9. The van der Waals surface area contributed by atoms with Gasteiger partial charge < -0.3 is 19.7 Å². The van der Waals surface area contributed by atoms with Crippen LogP contribution in [0, 0.1) is 6.92 Å². The average molecular weight is 616 g/mol. The molecule has 0 bridgehead atoms. The number of hydrogen-bond donors (Lipinski definition) is 1. The lowest BCUT2D eigenvalue weighted by molar-refractivity contribution is -0.139. The number of hydrogen-bond acceptors (Lipinski definition) is 6. The van der Waals surface area contributed by atoms with E-state index in [1.165, 1.54) is 37.3 Å². The first-order valence-corrected chi connectivity index (χ1v) is 15.5. The van der Waals surface area contributed by atoms with Gasteiger partial charge in [-0.05, 0) is 56.2 Å². The van der Waals surface area contributed by atoms with Crippen molar-refractivity contribution >= 4 is 39.1 Å². The first kappa shape index (κ1) is 32.8. The molecule has 0 aliphatic carbocycles. The van der Waals surface area contributed by atoms with Crippen LogP contribution in [0.4, 0.5) is 5.69 Å². The van der Waals surface area contributed by atoms with Gasteiger partial charge in [-0.2, -0.15) is 0 Å². The van der Waals surface area contributed by atoms with Gasteiger partial charge in [0.2, 0.25) is 11.8 Å². The standard InChI is InChI=1S/C31H38ClN3O6S/c1-6-7-18-33-31(37)23(3)34(20-24-10-8-9-11-27(24)32)30(36)21-35(25-14-17-28(40-4)29(19-25)41-5)42(38,39)26-15-12-22(2)13-16-26/h8-17,19,23H,6-7,18,20-21H2,1-5H3,(H,33,37). The zero-order chi connectivity index (χ0) is 30.9. The van der Waals surface area contributed by atoms with Gasteiger partial charge in [0.15, 0.2) is 11.5 Å². The van der Waals surface area contributed by atoms with Crippen molar-refractivity contribution in [2.24, 2.45) is 0 Å². The van der Waals surface area contributed by atoms with Crippen molar-refractivity contribution in [1.82, 2.24) is 10.2 Å². The number of anilines is 1. The highest BCUT2D eigenvalue weighted by Crippen LogP contribution is 2.34. The quantitative estimate of drug-likeness (QED) is 0.250. The van der Waals surface area contributed by atoms with E-state index in [-0.39, 0.29) is 23.0 Å². The molecule has 1 N–H and O–H groups in total. The van der Waals surface area contributed by atoms with E-state index in [1.807, 2.05) is 13.8 Å². The van der Waals surface area contributed by atoms with Crippen LogP contribution in [0.1, 0.15) is 37.8 Å². The number of methoxy groups -OCH3 is 2. The second-order valence-corrected chi connectivity index (χ2v) is 12.1. The maximum atomic E-state index is 14.1. The van der Waals surface area contributed by atoms with Crippen molar-refractivity contribution in [3.8, 4) is 11.5 Å². The fraction of sp³-hybridized carbons (Fsp3) is 0.355. The van der Waals surface area contributed by atoms with Crippen LogP contribution in [0.25, 0.3) is 0 Å². The molecule has 1 unspecified atom stereocenters. The molecule has 42 heavy (non-hydrogen) atoms. The average Bonchev–Trinajstić information content (AvgIpc) is 2.98. The second-order valence-electron chi connectivity index (χ2n) is 9.80. The molecule has 0 aromatic heterocycles. The molecule has 0 spiro atoms. The molecule has 0 fully saturated rings. The number of amides is 2. The number of halogens is 1. The largest absolute Gasteiger partial charge is 0.493 e. The molecule has 2 amide bonds. The fourth-order valence-electron chi connectivity index (χ4n) is 4.28. The van der Waals surface area contributed by atoms with Gasteiger partial charge in [0, 0.05) is 24.2 Å². The van der Waals surface area contributed by atoms with Crippen molar-refractivity contribution in [3.63, 3.8) is 0 Å². The molecule has 3 rings (SSSR count). The molecule has 0 saturated heterocycles. The minimum Gasteiger partial charge on any atom is -0.493 e. The van der Waals surface area contributed by atoms with Crippen LogP contribution in [-0.2, 0) is 26.2 Å². The van der Waals surface area contributed by atoms with Crippen LogP contribution in [-0.4, -0.2) is 58.5 Å². The summed E-state index contributed by atoms with van der Waals surface area (Å²) in [7, 11) is -1.31. The van der Waals surface area contributed by atoms with Crippen LogP contribution >= 0.6 is 11.6 Å². The highest BCUT2D eigenvalue weighted by atomic mass is 35.5. The lowest BCUT2D eigenvalue weighted by Gasteiger charge is -2.32. The van der Waals surface area contributed by atoms with Crippen LogP contribution in [0.3, 0.4) is 0 Å². The number of carbonyl (C=O) groups is 2. The molecule has 0 radical (unpaired) electrons. The van der Waals surface area contributed by atoms with E-state index >= 15 is 0 Å². The first-order valence-electron chi connectivity index (χ1n) is 13.7. The molecule has 11 heteroatoms. The summed E-state index contributed by atoms with van der Waals surface area (Å²) < 4.78 is 39.8. The number of ether oxygens (including phenoxy) is 2. The van der Waals surface area contributed by atoms with Gasteiger partial charge in [0.1, 0.15) is 12.6 Å². The number of aryl methyl sites for hydroxylation is 1. The minimum absolute atomic E-state index is 0.00518. The number of unbranched alkanes of at least 4 members (excludes halogenated alkanes) is 1. The Hall–Kier alpha value is -3.76. The maximum Gasteiger partial charge on any atom is 0.264 e. The third-order valence-corrected chi connectivity index (χ3v) is 9.00. The van der Waals surface area contributed by atoms with E-state index in [4.69, 9.17) is 21.1 Å². The summed E-state index contributed by atoms with van der Waals surface area (Å²) in [4.78, 5) is 28.5. The van der Waals surface area contributed by atoms with Gasteiger partial charge in [0.05, 0.1) is 24.8 Å². The molecule has 226 valence electrons. The normalized spacial score (nSPS) is 11.9. The number of nitrogens with one attached hydrogen (secondary N) is 1. The Kier molecular flexibility index (Phi) is 11.6. The van der Waals surface area contributed by atoms with E-state index in [2.05, 4.69) is 5.32 Å². The van der Waals surface area contributed by atoms with Gasteiger partial charge in [-0.25, -0.2) is 8.42 Å². The van der Waals surface area contributed by atoms with Crippen molar-refractivity contribution in [2.75, 3.05) is 31.6 Å². The molecule has 3 aromatic carbocycles. The summed E-state index contributed by atoms with van der Waals surface area (Å²) >= 11 is 6.42. The van der Waals surface area contributed by atoms with Crippen molar-refractivity contribution in [2.45, 2.75) is 51.1 Å². The molecule has 0 aliphatic rings. The Balaban J connectivity index is 2.07. The van der Waals surface area contributed by atoms with E-state index in [1.54, 1.807) is 55.5 Å². The van der Waals surface area contributed by atoms with Crippen LogP contribution < -0.4 is 19.1 Å². The lowest BCUT2D eigenvalue weighted by Crippen LogP contribution is -2.51. The van der Waals surface area contributed by atoms with Crippen molar-refractivity contribution in [3.05, 3.63) is 82.9 Å². The van der Waals surface area contributed by atoms with Gasteiger partial charge in [0.25, 0.3) is 10.0 Å². The zero-order valence-corrected chi connectivity index (χ0v) is 26.2. The van der Waals surface area contributed by atoms with Crippen molar-refractivity contribution < 1.29 is 27.5 Å². The number of nitrogens with zero attached hydrogens (tertiary/aromatic N) is 2. The summed E-state index contributed by atoms with van der Waals surface area (Å²) in [5.74, 6) is -0.234. The number of rotatable bonds is 14. The van der Waals surface area contributed by atoms with E-state index in [0.29, 0.717) is 28.6 Å². The maximum absolute atomic E-state index is 14.1. The van der Waals surface area contributed by atoms with Crippen molar-refractivity contribution in [1.29, 1.82) is 0 Å². The molecule has 0 heterocycles. The minimum atomic E-state index is -4.23. The van der Waals surface area contributed by atoms with Crippen LogP contribution in [0.5, 0.6) is 11.5 Å². The molecule has 0 saturated carbocycles. The number of carbonyl (C=O) groups excluding carboxylic acids is 2. The third kappa shape index (κ3) is 7.95. The van der Waals surface area contributed by atoms with Gasteiger partial charge in [-0.15, -0.1) is 0 Å². The predicted octanol–water partition coefficient (Wildman–Crippen LogP) is 5.19. The Bertz CT molecular complexity index is 1480. The first-order chi connectivity index (χ1) is 20.0. The monoisotopic (exact) mass is 615 g/mol. The van der Waals surface area contributed by atoms with Gasteiger partial charge in [-0.1, -0.05) is 60.8 Å². The third-order valence-electron chi connectivity index (χ3n) is 6.84. The predicted molar refractivity (Wildman–Crippen MR) is 165 cm³/mol. The summed E-state index contributed by atoms with van der Waals surface area (Å²) in [6.07, 6.45) is 1.69. The zero-order valence-electron chi connectivity index (χ0n) is 24.6. The molecule has 9 nitrogen and oxygen atoms in total. The lowest BCUT2D eigenvalue weighted by atomic mass is 10.1. The molecule has 1 atom stereocenters. The Morgan fingerprint density at radius 2 is 1.64 bits per heavy atom. The molecular weight excluding hydrogens is 578 g/mol. The van der Waals surface area contributed by atoms with Gasteiger partial charge in [-0.3, -0.25) is 13.9 Å². The fourth-order valence-corrected chi connectivity index (χ4v) is 5.88. The highest BCUT2D eigenvalue weighted by Gasteiger charge is 2.33. The SMILES string of the molecule is CCCCNC(=O)C(C)N(Cc1ccccc1Cl)C(=O)CN(c1ccc(OC)c(OC)c1)S(=O)(=O)c1ccc(C)cc1. The van der Waals surface area contributed by atoms with E-state index < -0.39 is 28.5 Å². The summed E-state index contributed by atoms with van der Waals surface area (Å²) in [5, 5.41) is 3.29. The Morgan fingerprint density at radius 1 is 0.976 bits per heavy atom. The molecule has 0 aliphatic heterocycles. The number of sulfonamides is 1. The Labute approximate surface area is 253 Å². The van der Waals surface area contributed by atoms with E-state index in [0.717, 1.165) is 22.7 Å².